The molecule has 4 heterocycles. The first-order chi connectivity index (χ1) is 63.9. The van der Waals surface area contributed by atoms with Crippen molar-refractivity contribution >= 4 is 107 Å². The van der Waals surface area contributed by atoms with Gasteiger partial charge in [-0.05, 0) is 331 Å². The van der Waals surface area contributed by atoms with Crippen LogP contribution in [0.15, 0.2) is 206 Å². The van der Waals surface area contributed by atoms with E-state index in [0.717, 1.165) is 23.8 Å². The summed E-state index contributed by atoms with van der Waals surface area (Å²) >= 11 is 5.04. The van der Waals surface area contributed by atoms with Crippen LogP contribution in [0.4, 0.5) is 0 Å². The number of fused-ring (bicyclic) bond motifs is 12. The quantitative estimate of drug-likeness (QED) is 0.0217. The molecule has 10 aromatic carbocycles. The van der Waals surface area contributed by atoms with Gasteiger partial charge in [0.05, 0.1) is 22.4 Å². The number of benzene rings is 10. The average molecular weight is 2020 g/mol. The Hall–Kier alpha value is -5.94. The summed E-state index contributed by atoms with van der Waals surface area (Å²) in [5.74, 6) is 0. The number of hydrogen-bond acceptors (Lipinski definition) is 4. The smallest absolute Gasteiger partial charge is 0.399 e. The number of hydrogen-bond donors (Lipinski definition) is 0. The monoisotopic (exact) mass is 2020 g/mol. The van der Waals surface area contributed by atoms with Crippen molar-refractivity contribution in [1.82, 2.24) is 0 Å². The summed E-state index contributed by atoms with van der Waals surface area (Å²) < 4.78 is 29.0. The Morgan fingerprint density at radius 3 is 0.803 bits per heavy atom. The van der Waals surface area contributed by atoms with Gasteiger partial charge in [0.15, 0.2) is 0 Å². The highest BCUT2D eigenvalue weighted by atomic mass is 127. The predicted molar refractivity (Wildman–Crippen MR) is 597 cm³/mol. The van der Waals surface area contributed by atoms with E-state index in [1.165, 1.54) is 328 Å². The third kappa shape index (κ3) is 22.0. The minimum Gasteiger partial charge on any atom is -0.399 e. The van der Waals surface area contributed by atoms with Gasteiger partial charge in [-0.15, -0.1) is 0 Å². The van der Waals surface area contributed by atoms with E-state index in [9.17, 15) is 0 Å². The third-order valence-electron chi connectivity index (χ3n) is 32.7. The molecule has 0 spiro atoms. The van der Waals surface area contributed by atoms with Crippen molar-refractivity contribution in [3.05, 3.63) is 236 Å². The first kappa shape index (κ1) is 102. The predicted octanol–water partition coefficient (Wildman–Crippen LogP) is 33.7. The molecule has 10 aromatic rings. The maximum absolute atomic E-state index is 6.55. The van der Waals surface area contributed by atoms with Crippen LogP contribution >= 0.6 is 45.2 Å². The Bertz CT molecular complexity index is 5220. The molecule has 4 aliphatic heterocycles. The van der Waals surface area contributed by atoms with E-state index in [2.05, 4.69) is 362 Å². The molecule has 10 heteroatoms. The molecule has 132 heavy (non-hydrogen) atoms. The van der Waals surface area contributed by atoms with Crippen LogP contribution in [-0.4, -0.2) is 52.8 Å². The van der Waals surface area contributed by atoms with Gasteiger partial charge in [0.2, 0.25) is 0 Å². The van der Waals surface area contributed by atoms with Crippen LogP contribution in [0.5, 0.6) is 0 Å². The molecule has 2 fully saturated rings. The van der Waals surface area contributed by atoms with E-state index in [1.54, 1.807) is 43.0 Å². The van der Waals surface area contributed by atoms with Crippen molar-refractivity contribution in [3.8, 4) is 77.9 Å². The lowest BCUT2D eigenvalue weighted by Crippen LogP contribution is -2.55. The minimum atomic E-state index is -1.98. The SMILES string of the molecule is CCCCCCC1(CCCCCC)c2cc(-c3ccccc3)ccc2-c2ccc(-c3ccc4c(c3)-c3cc(-c5ccccc5)ccc3[Si]4(CCCCCC)CCCCCC)cc21.CCCCCCC1(CCCCCC)c2cc(B3OC(C)(C)C(C)(C)O3)ccc2-c2ccc(B3OC(C)(C)C(C)(C)O3)cc21.CCCCCC[Si]1(CCCCCC)c2cc(I)ccc2-c2ccc(I)cc21. The van der Waals surface area contributed by atoms with Gasteiger partial charge < -0.3 is 18.6 Å². The fraction of sp³-hybridized carbons (Fsp3) is 0.508. The van der Waals surface area contributed by atoms with E-state index in [-0.39, 0.29) is 47.5 Å². The van der Waals surface area contributed by atoms with E-state index in [4.69, 9.17) is 18.6 Å². The van der Waals surface area contributed by atoms with Gasteiger partial charge in [0.25, 0.3) is 0 Å². The average Bonchev–Trinajstić information content (AvgIpc) is 1.55. The Labute approximate surface area is 831 Å². The first-order valence-electron chi connectivity index (χ1n) is 53.2. The van der Waals surface area contributed by atoms with Crippen LogP contribution in [0.1, 0.15) is 364 Å². The van der Waals surface area contributed by atoms with Crippen molar-refractivity contribution in [3.63, 3.8) is 0 Å². The summed E-state index contributed by atoms with van der Waals surface area (Å²) in [5.41, 5.74) is 26.8. The lowest BCUT2D eigenvalue weighted by atomic mass is 9.67. The molecule has 4 nitrogen and oxygen atoms in total. The Kier molecular flexibility index (Phi) is 35.7. The molecule has 702 valence electrons. The molecule has 2 saturated heterocycles. The van der Waals surface area contributed by atoms with Gasteiger partial charge in [-0.1, -0.05) is 419 Å². The fourth-order valence-corrected chi connectivity index (χ4v) is 36.5. The van der Waals surface area contributed by atoms with E-state index in [0.29, 0.717) is 0 Å². The van der Waals surface area contributed by atoms with Gasteiger partial charge in [-0.25, -0.2) is 0 Å². The second kappa shape index (κ2) is 46.2. The summed E-state index contributed by atoms with van der Waals surface area (Å²) in [6, 6.07) is 87.0. The molecule has 0 N–H and O–H groups in total. The maximum atomic E-state index is 6.55. The molecule has 0 amide bonds. The minimum absolute atomic E-state index is 0.0277. The lowest BCUT2D eigenvalue weighted by Gasteiger charge is -2.33. The number of rotatable bonds is 45. The second-order valence-corrected chi connectivity index (χ2v) is 53.7. The van der Waals surface area contributed by atoms with Crippen molar-refractivity contribution in [2.75, 3.05) is 0 Å². The number of unbranched alkanes of at least 4 members (excludes halogenated alkanes) is 24. The largest absolute Gasteiger partial charge is 0.494 e. The number of halogens is 2. The van der Waals surface area contributed by atoms with Crippen LogP contribution in [0.25, 0.3) is 77.9 Å². The van der Waals surface area contributed by atoms with Crippen LogP contribution < -0.4 is 31.7 Å². The second-order valence-electron chi connectivity index (χ2n) is 42.8. The molecule has 0 atom stereocenters. The van der Waals surface area contributed by atoms with Crippen molar-refractivity contribution in [1.29, 1.82) is 0 Å². The molecule has 16 rings (SSSR count). The maximum Gasteiger partial charge on any atom is 0.494 e. The molecular formula is C122H162B2I2O4Si2. The van der Waals surface area contributed by atoms with Crippen molar-refractivity contribution in [2.45, 2.75) is 399 Å². The van der Waals surface area contributed by atoms with Crippen molar-refractivity contribution < 1.29 is 18.6 Å². The summed E-state index contributed by atoms with van der Waals surface area (Å²) in [6.07, 6.45) is 46.9. The van der Waals surface area contributed by atoms with Gasteiger partial charge in [0, 0.05) is 18.0 Å². The summed E-state index contributed by atoms with van der Waals surface area (Å²) in [7, 11) is -4.35. The highest BCUT2D eigenvalue weighted by Gasteiger charge is 2.56. The van der Waals surface area contributed by atoms with Gasteiger partial charge in [0.1, 0.15) is 16.1 Å². The standard InChI is InChI=1S/C61H74Si.C37H56B2O4.C24H32I2Si/c1-5-9-13-23-39-61(40-24-14-10-6-2)57-45-51(48-29-21-18-22-30-48)31-35-53(57)54-36-32-52(46-58(54)61)50-34-38-60-56(44-50)55-43-49(47-27-19-17-20-28-47)33-37-59(55)62(60,41-25-15-11-7-3)42-26-16-12-8-4;1-11-13-15-17-23-37(24-18-16-14-12-2)31-25-27(38-40-33(3,4)34(5,6)41-38)19-21-29(31)30-22-20-28(26-32(30)37)39-42-35(7,8)36(9,10)43-39;1-3-5-7-9-15-27(16-10-8-6-4-2)23-17-19(25)11-13-21(23)22-14-12-20(26)18-24(22)27/h17-22,27-38,43-46H,5-16,23-26,39-42H2,1-4H3;19-22,25-26H,11-18,23-24H2,1-10H3;11-14,17-18H,3-10,15-16H2,1-2H3. The van der Waals surface area contributed by atoms with Crippen LogP contribution in [0.3, 0.4) is 0 Å². The van der Waals surface area contributed by atoms with Crippen LogP contribution in [0, 0.1) is 7.14 Å². The van der Waals surface area contributed by atoms with E-state index in [1.807, 2.05) is 0 Å². The zero-order chi connectivity index (χ0) is 93.3. The van der Waals surface area contributed by atoms with Gasteiger partial charge in [-0.3, -0.25) is 0 Å². The first-order valence-corrected chi connectivity index (χ1v) is 60.2. The van der Waals surface area contributed by atoms with Crippen LogP contribution in [0.2, 0.25) is 24.2 Å². The fourth-order valence-electron chi connectivity index (χ4n) is 23.7. The molecule has 0 saturated carbocycles. The highest BCUT2D eigenvalue weighted by Crippen LogP contribution is 2.58. The Morgan fingerprint density at radius 2 is 0.485 bits per heavy atom. The highest BCUT2D eigenvalue weighted by molar-refractivity contribution is 14.1. The topological polar surface area (TPSA) is 36.9 Å². The molecule has 2 aliphatic carbocycles. The summed E-state index contributed by atoms with van der Waals surface area (Å²) in [6.45, 7) is 35.8. The molecule has 0 aromatic heterocycles. The van der Waals surface area contributed by atoms with Crippen molar-refractivity contribution in [2.24, 2.45) is 0 Å². The molecule has 0 radical (unpaired) electrons. The molecular weight excluding hydrogens is 1860 g/mol. The lowest BCUT2D eigenvalue weighted by molar-refractivity contribution is 0.00578. The summed E-state index contributed by atoms with van der Waals surface area (Å²) in [4.78, 5) is 0. The van der Waals surface area contributed by atoms with Crippen LogP contribution in [-0.2, 0) is 29.4 Å². The molecule has 0 unspecified atom stereocenters. The normalized spacial score (nSPS) is 16.7. The summed E-state index contributed by atoms with van der Waals surface area (Å²) in [5, 5.41) is 6.94. The third-order valence-corrected chi connectivity index (χ3v) is 44.7. The zero-order valence-electron chi connectivity index (χ0n) is 84.5. The zero-order valence-corrected chi connectivity index (χ0v) is 90.8. The molecule has 0 bridgehead atoms. The Morgan fingerprint density at radius 1 is 0.227 bits per heavy atom. The Balaban J connectivity index is 0.000000173. The van der Waals surface area contributed by atoms with E-state index >= 15 is 0 Å². The van der Waals surface area contributed by atoms with Gasteiger partial charge >= 0.3 is 14.2 Å². The van der Waals surface area contributed by atoms with Gasteiger partial charge in [-0.2, -0.15) is 0 Å². The van der Waals surface area contributed by atoms with E-state index < -0.39 is 16.1 Å². The molecule has 6 aliphatic rings.